The van der Waals surface area contributed by atoms with Crippen LogP contribution in [0.4, 0.5) is 26.3 Å². The Morgan fingerprint density at radius 3 is 2.24 bits per heavy atom. The number of alkyl halides is 5. The molecule has 0 unspecified atom stereocenters. The number of halogens is 7. The lowest BCUT2D eigenvalue weighted by Gasteiger charge is -2.60. The van der Waals surface area contributed by atoms with Gasteiger partial charge in [0.2, 0.25) is 41.4 Å². The van der Waals surface area contributed by atoms with Gasteiger partial charge in [0.05, 0.1) is 13.1 Å². The monoisotopic (exact) mass is 985 g/mol. The minimum Gasteiger partial charge on any atom is -0.354 e. The van der Waals surface area contributed by atoms with Crippen LogP contribution in [-0.2, 0) is 40.0 Å². The Labute approximate surface area is 396 Å². The van der Waals surface area contributed by atoms with Crippen molar-refractivity contribution < 1.29 is 59.9 Å². The van der Waals surface area contributed by atoms with E-state index in [2.05, 4.69) is 16.0 Å². The molecule has 6 fully saturated rings. The first-order valence-corrected chi connectivity index (χ1v) is 24.2. The van der Waals surface area contributed by atoms with E-state index in [-0.39, 0.29) is 61.6 Å². The normalized spacial score (nSPS) is 29.5. The Bertz CT molecular complexity index is 2130. The van der Waals surface area contributed by atoms with E-state index in [1.54, 1.807) is 13.8 Å². The highest BCUT2D eigenvalue weighted by atomic mass is 35.5. The van der Waals surface area contributed by atoms with Crippen molar-refractivity contribution in [1.82, 2.24) is 35.6 Å². The molecule has 3 saturated heterocycles. The number of fused-ring (bicyclic) bond motifs is 1. The molecule has 0 aromatic heterocycles. The second-order valence-corrected chi connectivity index (χ2v) is 21.0. The van der Waals surface area contributed by atoms with E-state index in [0.29, 0.717) is 30.6 Å². The standard InChI is InChI=1S/C47H62ClF6N7O7/c1-25(2)16-32-41(65)59(4)36(18-27-17-28(49)11-12-31(27)48)42(66)60-21-29(50)19-34(60)38(62)55-15-6-5-8-33(39(63)56-32)58(3)43(67)37(26-9-10-26)57-40(64)35-20-30(51)22-61(35)44(68)46(47(52,53)54)23-45(24-46)13-7-14-45/h11-12,17,25-26,29-30,32-37H,5-10,13-16,18-24H2,1-4H3,(H,55,62)(H,56,63)(H,57,64)/t29-,30-,32+,33+,34-,35+,36+,37+/m1/s1. The van der Waals surface area contributed by atoms with Crippen LogP contribution in [0.15, 0.2) is 18.2 Å². The Morgan fingerprint density at radius 2 is 1.62 bits per heavy atom. The summed E-state index contributed by atoms with van der Waals surface area (Å²) in [6.07, 6.45) is -6.97. The van der Waals surface area contributed by atoms with Gasteiger partial charge in [-0.25, -0.2) is 13.2 Å². The average Bonchev–Trinajstić information content (AvgIpc) is 3.89. The second kappa shape index (κ2) is 20.0. The predicted octanol–water partition coefficient (Wildman–Crippen LogP) is 4.79. The van der Waals surface area contributed by atoms with Crippen LogP contribution in [0.1, 0.15) is 103 Å². The van der Waals surface area contributed by atoms with Crippen molar-refractivity contribution in [3.05, 3.63) is 34.6 Å². The van der Waals surface area contributed by atoms with Crippen molar-refractivity contribution in [1.29, 1.82) is 0 Å². The largest absolute Gasteiger partial charge is 0.403 e. The fourth-order valence-electron chi connectivity index (χ4n) is 11.1. The second-order valence-electron chi connectivity index (χ2n) is 20.6. The third-order valence-electron chi connectivity index (χ3n) is 15.2. The van der Waals surface area contributed by atoms with Crippen molar-refractivity contribution in [2.45, 2.75) is 159 Å². The molecule has 68 heavy (non-hydrogen) atoms. The van der Waals surface area contributed by atoms with Gasteiger partial charge in [0.15, 0.2) is 0 Å². The van der Waals surface area contributed by atoms with Gasteiger partial charge in [0.1, 0.15) is 59.8 Å². The molecule has 0 bridgehead atoms. The molecule has 1 spiro atoms. The predicted molar refractivity (Wildman–Crippen MR) is 235 cm³/mol. The number of carbonyl (C=O) groups excluding carboxylic acids is 7. The maximum atomic E-state index is 15.1. The van der Waals surface area contributed by atoms with Crippen LogP contribution in [0.2, 0.25) is 5.02 Å². The molecular formula is C47H62ClF6N7O7. The highest BCUT2D eigenvalue weighted by Crippen LogP contribution is 2.69. The summed E-state index contributed by atoms with van der Waals surface area (Å²) in [5.41, 5.74) is -3.17. The molecule has 3 aliphatic heterocycles. The molecule has 3 heterocycles. The summed E-state index contributed by atoms with van der Waals surface area (Å²) in [5, 5.41) is 8.23. The number of hydrogen-bond acceptors (Lipinski definition) is 7. The van der Waals surface area contributed by atoms with Crippen molar-refractivity contribution in [3.8, 4) is 0 Å². The van der Waals surface area contributed by atoms with E-state index in [4.69, 9.17) is 11.6 Å². The van der Waals surface area contributed by atoms with E-state index < -0.39 is 151 Å². The van der Waals surface area contributed by atoms with E-state index >= 15 is 8.78 Å². The highest BCUT2D eigenvalue weighted by molar-refractivity contribution is 6.31. The maximum Gasteiger partial charge on any atom is 0.403 e. The molecule has 3 saturated carbocycles. The van der Waals surface area contributed by atoms with E-state index in [0.717, 1.165) is 33.3 Å². The fourth-order valence-corrected chi connectivity index (χ4v) is 11.3. The first kappa shape index (κ1) is 51.2. The smallest absolute Gasteiger partial charge is 0.354 e. The number of likely N-dealkylation sites (tertiary alicyclic amines) is 1. The van der Waals surface area contributed by atoms with Gasteiger partial charge >= 0.3 is 6.18 Å². The van der Waals surface area contributed by atoms with Gasteiger partial charge in [-0.2, -0.15) is 13.2 Å². The number of carbonyl (C=O) groups is 7. The van der Waals surface area contributed by atoms with Crippen LogP contribution in [0.3, 0.4) is 0 Å². The van der Waals surface area contributed by atoms with Crippen LogP contribution >= 0.6 is 11.6 Å². The highest BCUT2D eigenvalue weighted by Gasteiger charge is 2.74. The number of benzene rings is 1. The molecule has 7 amide bonds. The first-order chi connectivity index (χ1) is 32.0. The number of nitrogens with one attached hydrogen (secondary N) is 3. The zero-order chi connectivity index (χ0) is 49.6. The van der Waals surface area contributed by atoms with E-state index in [1.165, 1.54) is 20.2 Å². The molecule has 14 nitrogen and oxygen atoms in total. The molecule has 0 radical (unpaired) electrons. The molecule has 7 rings (SSSR count). The summed E-state index contributed by atoms with van der Waals surface area (Å²) in [4.78, 5) is 104. The van der Waals surface area contributed by atoms with Crippen molar-refractivity contribution >= 4 is 53.0 Å². The van der Waals surface area contributed by atoms with Crippen molar-refractivity contribution in [3.63, 3.8) is 0 Å². The molecule has 1 aromatic carbocycles. The maximum absolute atomic E-state index is 15.1. The van der Waals surface area contributed by atoms with Gasteiger partial charge in [-0.3, -0.25) is 33.6 Å². The lowest BCUT2D eigenvalue weighted by atomic mass is 9.44. The Balaban J connectivity index is 1.13. The molecule has 3 N–H and O–H groups in total. The number of likely N-dealkylation sites (N-methyl/N-ethyl adjacent to an activating group) is 2. The van der Waals surface area contributed by atoms with Gasteiger partial charge in [-0.1, -0.05) is 31.9 Å². The third kappa shape index (κ3) is 10.4. The molecule has 21 heteroatoms. The summed E-state index contributed by atoms with van der Waals surface area (Å²) in [6.45, 7) is 2.49. The third-order valence-corrected chi connectivity index (χ3v) is 15.6. The Morgan fingerprint density at radius 1 is 0.941 bits per heavy atom. The summed E-state index contributed by atoms with van der Waals surface area (Å²) in [6, 6.07) is -4.69. The molecule has 376 valence electrons. The number of rotatable bonds is 10. The van der Waals surface area contributed by atoms with Gasteiger partial charge in [-0.05, 0) is 105 Å². The van der Waals surface area contributed by atoms with Crippen LogP contribution in [0.5, 0.6) is 0 Å². The van der Waals surface area contributed by atoms with Crippen LogP contribution in [-0.4, -0.2) is 149 Å². The minimum absolute atomic E-state index is 0.00948. The lowest BCUT2D eigenvalue weighted by Crippen LogP contribution is -2.66. The lowest BCUT2D eigenvalue weighted by molar-refractivity contribution is -0.285. The van der Waals surface area contributed by atoms with Crippen LogP contribution in [0.25, 0.3) is 0 Å². The molecule has 6 aliphatic rings. The van der Waals surface area contributed by atoms with Gasteiger partial charge in [0.25, 0.3) is 0 Å². The van der Waals surface area contributed by atoms with Gasteiger partial charge < -0.3 is 35.6 Å². The summed E-state index contributed by atoms with van der Waals surface area (Å²) < 4.78 is 88.7. The fraction of sp³-hybridized carbons (Fsp3) is 0.723. The van der Waals surface area contributed by atoms with Crippen LogP contribution in [0, 0.1) is 28.5 Å². The molecule has 8 atom stereocenters. The molecule has 3 aliphatic carbocycles. The van der Waals surface area contributed by atoms with Crippen LogP contribution < -0.4 is 16.0 Å². The minimum atomic E-state index is -4.92. The summed E-state index contributed by atoms with van der Waals surface area (Å²) in [5.74, 6) is -7.36. The SMILES string of the molecule is CC(C)C[C@@H]1NC(=O)[C@@H](N(C)C(=O)[C@@H](NC(=O)[C@@H]2C[C@@H](F)CN2C(=O)C2(C(F)(F)F)CC3(CCC3)C2)C2CC2)CCCCNC(=O)[C@H]2C[C@@H](F)CN2C(=O)[C@H](Cc2cc(F)ccc2Cl)N(C)C1=O. The molecule has 1 aromatic rings. The Hall–Kier alpha value is -4.62. The number of nitrogens with zero attached hydrogens (tertiary/aromatic N) is 4. The van der Waals surface area contributed by atoms with Gasteiger partial charge in [0, 0.05) is 44.9 Å². The number of hydrogen-bond donors (Lipinski definition) is 3. The summed E-state index contributed by atoms with van der Waals surface area (Å²) in [7, 11) is 2.64. The van der Waals surface area contributed by atoms with Crippen molar-refractivity contribution in [2.24, 2.45) is 22.7 Å². The Kier molecular flexibility index (Phi) is 15.1. The molecular weight excluding hydrogens is 924 g/mol. The van der Waals surface area contributed by atoms with E-state index in [9.17, 15) is 51.1 Å². The average molecular weight is 986 g/mol. The topological polar surface area (TPSA) is 169 Å². The zero-order valence-electron chi connectivity index (χ0n) is 38.8. The quantitative estimate of drug-likeness (QED) is 0.284. The van der Waals surface area contributed by atoms with E-state index in [1.807, 2.05) is 0 Å². The van der Waals surface area contributed by atoms with Crippen molar-refractivity contribution in [2.75, 3.05) is 33.7 Å². The summed E-state index contributed by atoms with van der Waals surface area (Å²) >= 11 is 6.43. The first-order valence-electron chi connectivity index (χ1n) is 23.8. The zero-order valence-corrected chi connectivity index (χ0v) is 39.6. The number of amides is 7. The van der Waals surface area contributed by atoms with Gasteiger partial charge in [-0.15, -0.1) is 0 Å².